The van der Waals surface area contributed by atoms with E-state index in [2.05, 4.69) is 25.5 Å². The number of piperidine rings is 1. The third-order valence-corrected chi connectivity index (χ3v) is 8.20. The Balaban J connectivity index is 1.72. The molecular formula is C33H43ClF2N6O3. The van der Waals surface area contributed by atoms with Crippen LogP contribution in [0.1, 0.15) is 83.8 Å². The van der Waals surface area contributed by atoms with Crippen molar-refractivity contribution < 1.29 is 23.5 Å². The molecule has 12 heteroatoms. The van der Waals surface area contributed by atoms with Crippen molar-refractivity contribution >= 4 is 35.4 Å². The molecule has 0 unspecified atom stereocenters. The molecule has 0 saturated carbocycles. The zero-order chi connectivity index (χ0) is 33.3. The number of esters is 1. The first-order chi connectivity index (χ1) is 20.9. The van der Waals surface area contributed by atoms with Crippen molar-refractivity contribution in [3.63, 3.8) is 0 Å². The van der Waals surface area contributed by atoms with E-state index in [0.717, 1.165) is 11.9 Å². The fraction of sp³-hybridized carbons (Fsp3) is 0.515. The van der Waals surface area contributed by atoms with Gasteiger partial charge in [0.15, 0.2) is 5.82 Å². The summed E-state index contributed by atoms with van der Waals surface area (Å²) in [6, 6.07) is 8.03. The van der Waals surface area contributed by atoms with E-state index in [1.165, 1.54) is 12.1 Å². The van der Waals surface area contributed by atoms with Gasteiger partial charge in [-0.1, -0.05) is 28.9 Å². The number of nitrogens with zero attached hydrogens (tertiary/aromatic N) is 5. The smallest absolute Gasteiger partial charge is 0.313 e. The lowest BCUT2D eigenvalue weighted by Crippen LogP contribution is -2.51. The standard InChI is InChI=1S/C33H43ClF2N6O3/c1-20-14-27(42(40-20)31(3,4)5)39-26-15-23(18-37-44)29(36)25(38-26)17-33(30(43)45-32(6,7)8)12-13-41(21(2)16-33)19-22-10-9-11-24(34)28(22)35/h9-11,14-15,18,21,44H,12-13,16-17,19H2,1-8H3,(H,38,39)/b37-18+/t21-,33-/m1/s1. The number of hydrogen-bond donors (Lipinski definition) is 2. The second-order valence-corrected chi connectivity index (χ2v) is 14.3. The number of pyridine rings is 1. The Kier molecular flexibility index (Phi) is 9.94. The Morgan fingerprint density at radius 1 is 1.22 bits per heavy atom. The second-order valence-electron chi connectivity index (χ2n) is 13.9. The van der Waals surface area contributed by atoms with Crippen LogP contribution in [0.5, 0.6) is 0 Å². The van der Waals surface area contributed by atoms with Gasteiger partial charge in [0.25, 0.3) is 0 Å². The first kappa shape index (κ1) is 34.3. The van der Waals surface area contributed by atoms with Crippen molar-refractivity contribution in [3.05, 3.63) is 69.5 Å². The maximum Gasteiger partial charge on any atom is 0.313 e. The Hall–Kier alpha value is -3.57. The van der Waals surface area contributed by atoms with Gasteiger partial charge < -0.3 is 15.3 Å². The van der Waals surface area contributed by atoms with E-state index in [1.54, 1.807) is 32.9 Å². The maximum absolute atomic E-state index is 16.0. The first-order valence-electron chi connectivity index (χ1n) is 15.0. The SMILES string of the molecule is Cc1cc(Nc2cc(/C=N/O)c(F)c(C[C@@]3(C(=O)OC(C)(C)C)CCN(Cc4cccc(Cl)c4F)[C@H](C)C3)n2)n(C(C)(C)C)n1. The number of likely N-dealkylation sites (tertiary alicyclic amines) is 1. The van der Waals surface area contributed by atoms with Crippen LogP contribution >= 0.6 is 11.6 Å². The minimum absolute atomic E-state index is 0.00444. The van der Waals surface area contributed by atoms with Crippen molar-refractivity contribution in [2.75, 3.05) is 11.9 Å². The van der Waals surface area contributed by atoms with Crippen LogP contribution in [0.15, 0.2) is 35.5 Å². The monoisotopic (exact) mass is 644 g/mol. The van der Waals surface area contributed by atoms with Crippen molar-refractivity contribution in [1.82, 2.24) is 19.7 Å². The second kappa shape index (κ2) is 13.0. The van der Waals surface area contributed by atoms with E-state index in [0.29, 0.717) is 43.1 Å². The molecule has 1 saturated heterocycles. The molecule has 2 aromatic heterocycles. The molecule has 3 aromatic rings. The van der Waals surface area contributed by atoms with Gasteiger partial charge in [0, 0.05) is 36.2 Å². The average Bonchev–Trinajstić information content (AvgIpc) is 3.30. The molecule has 4 rings (SSSR count). The topological polar surface area (TPSA) is 105 Å². The molecule has 0 radical (unpaired) electrons. The highest BCUT2D eigenvalue weighted by Crippen LogP contribution is 2.42. The number of aromatic nitrogens is 3. The van der Waals surface area contributed by atoms with Gasteiger partial charge in [0.1, 0.15) is 23.1 Å². The van der Waals surface area contributed by atoms with Gasteiger partial charge in [0.2, 0.25) is 0 Å². The summed E-state index contributed by atoms with van der Waals surface area (Å²) < 4.78 is 38.5. The third kappa shape index (κ3) is 7.99. The molecule has 0 amide bonds. The highest BCUT2D eigenvalue weighted by molar-refractivity contribution is 6.30. The van der Waals surface area contributed by atoms with Gasteiger partial charge in [0.05, 0.1) is 33.6 Å². The molecule has 1 aromatic carbocycles. The maximum atomic E-state index is 16.0. The third-order valence-electron chi connectivity index (χ3n) is 7.90. The zero-order valence-electron chi connectivity index (χ0n) is 27.2. The summed E-state index contributed by atoms with van der Waals surface area (Å²) in [5, 5.41) is 20.3. The van der Waals surface area contributed by atoms with Crippen LogP contribution in [0.3, 0.4) is 0 Å². The number of nitrogens with one attached hydrogen (secondary N) is 1. The summed E-state index contributed by atoms with van der Waals surface area (Å²) in [6.45, 7) is 16.0. The van der Waals surface area contributed by atoms with Crippen molar-refractivity contribution in [1.29, 1.82) is 0 Å². The fourth-order valence-electron chi connectivity index (χ4n) is 5.80. The molecular weight excluding hydrogens is 602 g/mol. The Bertz CT molecular complexity index is 1580. The average molecular weight is 645 g/mol. The summed E-state index contributed by atoms with van der Waals surface area (Å²) in [4.78, 5) is 20.7. The van der Waals surface area contributed by atoms with E-state index in [4.69, 9.17) is 16.3 Å². The molecule has 244 valence electrons. The number of aryl methyl sites for hydroxylation is 1. The molecule has 0 aliphatic carbocycles. The Morgan fingerprint density at radius 3 is 2.56 bits per heavy atom. The normalized spacial score (nSPS) is 19.7. The molecule has 45 heavy (non-hydrogen) atoms. The minimum atomic E-state index is -1.13. The number of ether oxygens (including phenoxy) is 1. The van der Waals surface area contributed by atoms with E-state index in [-0.39, 0.29) is 34.3 Å². The zero-order valence-corrected chi connectivity index (χ0v) is 28.0. The number of anilines is 2. The molecule has 1 fully saturated rings. The molecule has 1 aliphatic rings. The summed E-state index contributed by atoms with van der Waals surface area (Å²) in [7, 11) is 0. The Labute approximate surface area is 268 Å². The lowest BCUT2D eigenvalue weighted by Gasteiger charge is -2.45. The Morgan fingerprint density at radius 2 is 1.93 bits per heavy atom. The summed E-state index contributed by atoms with van der Waals surface area (Å²) in [6.07, 6.45) is 1.59. The molecule has 0 bridgehead atoms. The number of rotatable bonds is 8. The molecule has 2 N–H and O–H groups in total. The highest BCUT2D eigenvalue weighted by Gasteiger charge is 2.47. The van der Waals surface area contributed by atoms with Crippen molar-refractivity contribution in [3.8, 4) is 0 Å². The van der Waals surface area contributed by atoms with Crippen LogP contribution in [0.2, 0.25) is 5.02 Å². The van der Waals surface area contributed by atoms with Gasteiger partial charge in [-0.15, -0.1) is 0 Å². The summed E-state index contributed by atoms with van der Waals surface area (Å²) >= 11 is 6.02. The van der Waals surface area contributed by atoms with Crippen LogP contribution < -0.4 is 5.32 Å². The van der Waals surface area contributed by atoms with Gasteiger partial charge >= 0.3 is 5.97 Å². The lowest BCUT2D eigenvalue weighted by molar-refractivity contribution is -0.172. The predicted octanol–water partition coefficient (Wildman–Crippen LogP) is 7.38. The van der Waals surface area contributed by atoms with Gasteiger partial charge in [-0.25, -0.2) is 18.4 Å². The van der Waals surface area contributed by atoms with Gasteiger partial charge in [-0.05, 0) is 86.9 Å². The van der Waals surface area contributed by atoms with E-state index in [1.807, 2.05) is 45.4 Å². The minimum Gasteiger partial charge on any atom is -0.460 e. The molecule has 9 nitrogen and oxygen atoms in total. The van der Waals surface area contributed by atoms with Gasteiger partial charge in [-0.2, -0.15) is 5.10 Å². The number of halogens is 3. The summed E-state index contributed by atoms with van der Waals surface area (Å²) in [5.41, 5.74) is -0.974. The van der Waals surface area contributed by atoms with E-state index >= 15 is 4.39 Å². The summed E-state index contributed by atoms with van der Waals surface area (Å²) in [5.74, 6) is -0.666. The number of oxime groups is 1. The van der Waals surface area contributed by atoms with E-state index in [9.17, 15) is 14.4 Å². The van der Waals surface area contributed by atoms with E-state index < -0.39 is 28.6 Å². The number of benzene rings is 1. The first-order valence-corrected chi connectivity index (χ1v) is 15.4. The molecule has 2 atom stereocenters. The van der Waals surface area contributed by atoms with Crippen LogP contribution in [0, 0.1) is 24.0 Å². The number of carbonyl (C=O) groups excluding carboxylic acids is 1. The van der Waals surface area contributed by atoms with Gasteiger partial charge in [-0.3, -0.25) is 9.69 Å². The van der Waals surface area contributed by atoms with Crippen LogP contribution in [-0.4, -0.2) is 55.2 Å². The lowest BCUT2D eigenvalue weighted by atomic mass is 9.71. The highest BCUT2D eigenvalue weighted by atomic mass is 35.5. The van der Waals surface area contributed by atoms with Crippen LogP contribution in [0.4, 0.5) is 20.4 Å². The number of hydrogen-bond acceptors (Lipinski definition) is 8. The van der Waals surface area contributed by atoms with Crippen molar-refractivity contribution in [2.45, 2.75) is 98.4 Å². The molecule has 3 heterocycles. The molecule has 0 spiro atoms. The fourth-order valence-corrected chi connectivity index (χ4v) is 5.99. The van der Waals surface area contributed by atoms with Crippen LogP contribution in [0.25, 0.3) is 0 Å². The van der Waals surface area contributed by atoms with Crippen molar-refractivity contribution in [2.24, 2.45) is 10.6 Å². The molecule has 1 aliphatic heterocycles. The largest absolute Gasteiger partial charge is 0.460 e. The van der Waals surface area contributed by atoms with Crippen LogP contribution in [-0.2, 0) is 28.0 Å². The predicted molar refractivity (Wildman–Crippen MR) is 171 cm³/mol. The number of carbonyl (C=O) groups is 1. The quantitative estimate of drug-likeness (QED) is 0.114.